The number of Topliss-reactive ketones (excluding diaryl/α,β-unsaturated/α-hetero) is 1. The van der Waals surface area contributed by atoms with Crippen molar-refractivity contribution in [2.45, 2.75) is 26.7 Å². The molecule has 0 aliphatic carbocycles. The number of rotatable bonds is 4. The second kappa shape index (κ2) is 14.0. The molecule has 0 unspecified atom stereocenters. The lowest BCUT2D eigenvalue weighted by molar-refractivity contribution is -0.148. The smallest absolute Gasteiger partial charge is 0.371 e. The Labute approximate surface area is 97.5 Å². The number of carboxylic acid groups (broad SMARTS) is 3. The van der Waals surface area contributed by atoms with E-state index >= 15 is 0 Å². The molecule has 17 heavy (non-hydrogen) atoms. The Morgan fingerprint density at radius 3 is 1.12 bits per heavy atom. The van der Waals surface area contributed by atoms with Gasteiger partial charge in [0.2, 0.25) is 5.78 Å². The summed E-state index contributed by atoms with van der Waals surface area (Å²) in [6.45, 7) is 2.93. The summed E-state index contributed by atoms with van der Waals surface area (Å²) in [6.07, 6.45) is -0.593. The Balaban J connectivity index is -0.000000193. The van der Waals surface area contributed by atoms with Crippen molar-refractivity contribution >= 4 is 23.7 Å². The van der Waals surface area contributed by atoms with E-state index in [9.17, 15) is 19.2 Å². The van der Waals surface area contributed by atoms with Crippen LogP contribution in [0.1, 0.15) is 26.7 Å². The highest BCUT2D eigenvalue weighted by molar-refractivity contribution is 6.31. The molecular weight excluding hydrogens is 236 g/mol. The third kappa shape index (κ3) is 41.1. The molecule has 0 spiro atoms. The van der Waals surface area contributed by atoms with Gasteiger partial charge in [-0.15, -0.1) is 0 Å². The molecule has 0 atom stereocenters. The fraction of sp³-hybridized carbons (Fsp3) is 0.556. The number of carboxylic acids is 3. The van der Waals surface area contributed by atoms with Gasteiger partial charge in [-0.1, -0.05) is 0 Å². The van der Waals surface area contributed by atoms with Crippen molar-refractivity contribution in [3.63, 3.8) is 0 Å². The zero-order valence-corrected chi connectivity index (χ0v) is 9.54. The van der Waals surface area contributed by atoms with E-state index in [2.05, 4.69) is 0 Å². The second-order valence-corrected chi connectivity index (χ2v) is 2.47. The van der Waals surface area contributed by atoms with E-state index in [0.717, 1.165) is 6.92 Å². The van der Waals surface area contributed by atoms with Crippen molar-refractivity contribution in [1.29, 1.82) is 0 Å². The summed E-state index contributed by atoms with van der Waals surface area (Å²) in [6, 6.07) is 0. The first-order valence-corrected chi connectivity index (χ1v) is 4.47. The summed E-state index contributed by atoms with van der Waals surface area (Å²) < 4.78 is 0. The lowest BCUT2D eigenvalue weighted by atomic mass is 10.3. The molecule has 0 aliphatic heterocycles. The zero-order valence-electron chi connectivity index (χ0n) is 9.54. The largest absolute Gasteiger partial charge is 0.481 e. The SMILES string of the molecule is CC(=O)C(=O)O.CCO.O=C(O)CCC(=O)O. The third-order valence-electron chi connectivity index (χ3n) is 0.854. The maximum Gasteiger partial charge on any atom is 0.371 e. The van der Waals surface area contributed by atoms with Crippen molar-refractivity contribution in [1.82, 2.24) is 0 Å². The third-order valence-corrected chi connectivity index (χ3v) is 0.854. The fourth-order valence-corrected chi connectivity index (χ4v) is 0.214. The number of aliphatic hydroxyl groups excluding tert-OH is 1. The van der Waals surface area contributed by atoms with Gasteiger partial charge in [0.1, 0.15) is 0 Å². The van der Waals surface area contributed by atoms with Crippen LogP contribution in [0.3, 0.4) is 0 Å². The summed E-state index contributed by atoms with van der Waals surface area (Å²) in [5, 5.41) is 31.0. The van der Waals surface area contributed by atoms with Crippen molar-refractivity contribution in [2.24, 2.45) is 0 Å². The monoisotopic (exact) mass is 252 g/mol. The number of aliphatic hydroxyl groups is 1. The molecule has 0 fully saturated rings. The highest BCUT2D eigenvalue weighted by atomic mass is 16.4. The summed E-state index contributed by atoms with van der Waals surface area (Å²) >= 11 is 0. The Morgan fingerprint density at radius 1 is 0.882 bits per heavy atom. The molecule has 0 bridgehead atoms. The van der Waals surface area contributed by atoms with Crippen LogP contribution in [0.4, 0.5) is 0 Å². The molecule has 0 aromatic rings. The van der Waals surface area contributed by atoms with Crippen LogP contribution in [0.15, 0.2) is 0 Å². The number of hydrogen-bond donors (Lipinski definition) is 4. The van der Waals surface area contributed by atoms with Crippen molar-refractivity contribution in [3.05, 3.63) is 0 Å². The summed E-state index contributed by atoms with van der Waals surface area (Å²) in [5.74, 6) is -4.36. The highest BCUT2D eigenvalue weighted by Crippen LogP contribution is 1.86. The van der Waals surface area contributed by atoms with E-state index in [-0.39, 0.29) is 19.4 Å². The van der Waals surface area contributed by atoms with Crippen LogP contribution < -0.4 is 0 Å². The van der Waals surface area contributed by atoms with Gasteiger partial charge in [-0.05, 0) is 6.92 Å². The maximum atomic E-state index is 9.64. The quantitative estimate of drug-likeness (QED) is 0.493. The Bertz CT molecular complexity index is 232. The van der Waals surface area contributed by atoms with E-state index in [4.69, 9.17) is 20.4 Å². The van der Waals surface area contributed by atoms with Gasteiger partial charge in [-0.3, -0.25) is 14.4 Å². The van der Waals surface area contributed by atoms with Crippen LogP contribution >= 0.6 is 0 Å². The van der Waals surface area contributed by atoms with E-state index < -0.39 is 23.7 Å². The minimum absolute atomic E-state index is 0.250. The van der Waals surface area contributed by atoms with Gasteiger partial charge in [-0.2, -0.15) is 0 Å². The lowest BCUT2D eigenvalue weighted by Gasteiger charge is -1.85. The minimum Gasteiger partial charge on any atom is -0.481 e. The molecule has 0 aliphatic rings. The molecule has 0 aromatic heterocycles. The van der Waals surface area contributed by atoms with Crippen LogP contribution in [0, 0.1) is 0 Å². The maximum absolute atomic E-state index is 9.64. The van der Waals surface area contributed by atoms with Gasteiger partial charge in [-0.25, -0.2) is 4.79 Å². The summed E-state index contributed by atoms with van der Waals surface area (Å²) in [7, 11) is 0. The van der Waals surface area contributed by atoms with Crippen LogP contribution in [0.5, 0.6) is 0 Å². The second-order valence-electron chi connectivity index (χ2n) is 2.47. The van der Waals surface area contributed by atoms with Gasteiger partial charge in [0.15, 0.2) is 0 Å². The standard InChI is InChI=1S/C4H6O4.C3H4O3.C2H6O/c5-3(6)1-2-4(7)8;1-2(4)3(5)6;1-2-3/h1-2H2,(H,5,6)(H,7,8);1H3,(H,5,6);3H,2H2,1H3. The number of hydrogen-bond acceptors (Lipinski definition) is 5. The molecule has 0 heterocycles. The molecule has 0 radical (unpaired) electrons. The van der Waals surface area contributed by atoms with E-state index in [1.165, 1.54) is 0 Å². The van der Waals surface area contributed by atoms with Gasteiger partial charge in [0.05, 0.1) is 12.8 Å². The normalized spacial score (nSPS) is 7.71. The average Bonchev–Trinajstić information content (AvgIpc) is 2.16. The molecule has 100 valence electrons. The topological polar surface area (TPSA) is 149 Å². The number of carbonyl (C=O) groups is 4. The fourth-order valence-electron chi connectivity index (χ4n) is 0.214. The first-order chi connectivity index (χ1) is 7.68. The zero-order chi connectivity index (χ0) is 14.4. The summed E-state index contributed by atoms with van der Waals surface area (Å²) in [5.41, 5.74) is 0. The molecular formula is C9H16O8. The molecule has 8 nitrogen and oxygen atoms in total. The predicted octanol–water partition coefficient (Wildman–Crippen LogP) is -0.406. The Hall–Kier alpha value is -1.96. The lowest BCUT2D eigenvalue weighted by Crippen LogP contribution is -2.05. The van der Waals surface area contributed by atoms with Crippen molar-refractivity contribution in [2.75, 3.05) is 6.61 Å². The van der Waals surface area contributed by atoms with Crippen LogP contribution in [-0.4, -0.2) is 50.7 Å². The van der Waals surface area contributed by atoms with E-state index in [1.54, 1.807) is 6.92 Å². The van der Waals surface area contributed by atoms with Crippen LogP contribution in [0.25, 0.3) is 0 Å². The summed E-state index contributed by atoms with van der Waals surface area (Å²) in [4.78, 5) is 38.2. The van der Waals surface area contributed by atoms with E-state index in [1.807, 2.05) is 0 Å². The van der Waals surface area contributed by atoms with Crippen LogP contribution in [-0.2, 0) is 19.2 Å². The van der Waals surface area contributed by atoms with E-state index in [0.29, 0.717) is 0 Å². The van der Waals surface area contributed by atoms with Crippen molar-refractivity contribution < 1.29 is 39.6 Å². The minimum atomic E-state index is -1.38. The van der Waals surface area contributed by atoms with Gasteiger partial charge < -0.3 is 20.4 Å². The Morgan fingerprint density at radius 2 is 1.06 bits per heavy atom. The van der Waals surface area contributed by atoms with Gasteiger partial charge in [0.25, 0.3) is 0 Å². The number of aliphatic carboxylic acids is 3. The Kier molecular flexibility index (Phi) is 16.9. The first kappa shape index (κ1) is 20.5. The molecule has 0 aromatic carbocycles. The first-order valence-electron chi connectivity index (χ1n) is 4.47. The van der Waals surface area contributed by atoms with Crippen molar-refractivity contribution in [3.8, 4) is 0 Å². The molecule has 8 heteroatoms. The number of carbonyl (C=O) groups excluding carboxylic acids is 1. The predicted molar refractivity (Wildman–Crippen MR) is 55.6 cm³/mol. The molecule has 0 amide bonds. The number of ketones is 1. The molecule has 0 saturated carbocycles. The molecule has 0 saturated heterocycles. The van der Waals surface area contributed by atoms with Gasteiger partial charge in [0, 0.05) is 13.5 Å². The van der Waals surface area contributed by atoms with Gasteiger partial charge >= 0.3 is 17.9 Å². The molecule has 4 N–H and O–H groups in total. The molecule has 0 rings (SSSR count). The highest BCUT2D eigenvalue weighted by Gasteiger charge is 2.00. The van der Waals surface area contributed by atoms with Crippen LogP contribution in [0.2, 0.25) is 0 Å². The average molecular weight is 252 g/mol.